The number of hydrogen-bond donors (Lipinski definition) is 5. The average molecular weight is 340 g/mol. The Hall–Kier alpha value is -1.55. The monoisotopic (exact) mass is 340 g/mol. The molecule has 9 nitrogen and oxygen atoms in total. The average Bonchev–Trinajstić information content (AvgIpc) is 3.10. The van der Waals surface area contributed by atoms with E-state index in [0.29, 0.717) is 18.9 Å². The van der Waals surface area contributed by atoms with Crippen LogP contribution in [0, 0.1) is 5.92 Å². The molecule has 0 spiro atoms. The van der Waals surface area contributed by atoms with Crippen LogP contribution < -0.4 is 22.1 Å². The molecular weight excluding hydrogens is 312 g/mol. The highest BCUT2D eigenvalue weighted by atomic mass is 16.4. The number of nitrogens with one attached hydrogen (secondary N) is 2. The number of aliphatic hydroxyl groups excluding tert-OH is 1. The van der Waals surface area contributed by atoms with Crippen molar-refractivity contribution in [2.24, 2.45) is 17.4 Å². The molecule has 0 radical (unpaired) electrons. The van der Waals surface area contributed by atoms with E-state index in [9.17, 15) is 9.90 Å². The van der Waals surface area contributed by atoms with Crippen LogP contribution in [0.2, 0.25) is 0 Å². The van der Waals surface area contributed by atoms with Gasteiger partial charge in [0.05, 0.1) is 12.6 Å². The maximum absolute atomic E-state index is 12.3. The molecule has 7 N–H and O–H groups in total. The van der Waals surface area contributed by atoms with E-state index >= 15 is 0 Å². The second-order valence-electron chi connectivity index (χ2n) is 6.14. The second-order valence-corrected chi connectivity index (χ2v) is 6.14. The molecule has 0 saturated carbocycles. The number of amides is 1. The highest BCUT2D eigenvalue weighted by molar-refractivity contribution is 5.79. The van der Waals surface area contributed by atoms with E-state index in [2.05, 4.69) is 20.8 Å². The third kappa shape index (κ3) is 5.23. The lowest BCUT2D eigenvalue weighted by Gasteiger charge is -2.23. The van der Waals surface area contributed by atoms with Crippen LogP contribution >= 0.6 is 0 Å². The van der Waals surface area contributed by atoms with Gasteiger partial charge in [-0.2, -0.15) is 0 Å². The van der Waals surface area contributed by atoms with Crippen molar-refractivity contribution in [2.45, 2.75) is 44.2 Å². The van der Waals surface area contributed by atoms with Crippen LogP contribution in [0.3, 0.4) is 0 Å². The summed E-state index contributed by atoms with van der Waals surface area (Å²) in [6.07, 6.45) is 4.03. The molecule has 0 unspecified atom stereocenters. The molecule has 0 aromatic carbocycles. The zero-order valence-electron chi connectivity index (χ0n) is 13.9. The molecule has 24 heavy (non-hydrogen) atoms. The van der Waals surface area contributed by atoms with Crippen molar-refractivity contribution in [3.8, 4) is 0 Å². The van der Waals surface area contributed by atoms with Crippen LogP contribution in [0.1, 0.15) is 56.0 Å². The fourth-order valence-corrected chi connectivity index (χ4v) is 2.73. The summed E-state index contributed by atoms with van der Waals surface area (Å²) in [5.41, 5.74) is 11.5. The lowest BCUT2D eigenvalue weighted by Crippen LogP contribution is -2.40. The van der Waals surface area contributed by atoms with Gasteiger partial charge in [0.25, 0.3) is 0 Å². The molecule has 0 aliphatic carbocycles. The molecule has 1 aromatic rings. The summed E-state index contributed by atoms with van der Waals surface area (Å²) in [5.74, 6) is 0.351. The van der Waals surface area contributed by atoms with Gasteiger partial charge in [0.15, 0.2) is 0 Å². The van der Waals surface area contributed by atoms with Crippen LogP contribution in [0.4, 0.5) is 0 Å². The minimum atomic E-state index is -0.704. The first kappa shape index (κ1) is 18.8. The summed E-state index contributed by atoms with van der Waals surface area (Å²) < 4.78 is 5.55. The van der Waals surface area contributed by atoms with Crippen LogP contribution in [0.25, 0.3) is 0 Å². The Morgan fingerprint density at radius 3 is 2.71 bits per heavy atom. The van der Waals surface area contributed by atoms with Crippen molar-refractivity contribution >= 4 is 5.91 Å². The standard InChI is InChI=1S/C15H28N6O3/c16-6-2-1-3-11(17)14-20-21-15(24-14)12(9-22)19-13(23)10-4-7-18-8-5-10/h10-12,18,22H,1-9,16-17H2,(H,19,23)/t11-,12-/m0/s1. The summed E-state index contributed by atoms with van der Waals surface area (Å²) in [4.78, 5) is 12.3. The number of aromatic nitrogens is 2. The normalized spacial score (nSPS) is 18.3. The number of aliphatic hydroxyl groups is 1. The third-order valence-electron chi connectivity index (χ3n) is 4.25. The molecule has 1 aromatic heterocycles. The summed E-state index contributed by atoms with van der Waals surface area (Å²) in [5, 5.41) is 23.4. The van der Waals surface area contributed by atoms with Crippen molar-refractivity contribution < 1.29 is 14.3 Å². The van der Waals surface area contributed by atoms with E-state index in [1.807, 2.05) is 0 Å². The maximum atomic E-state index is 12.3. The smallest absolute Gasteiger partial charge is 0.241 e. The van der Waals surface area contributed by atoms with E-state index in [1.54, 1.807) is 0 Å². The van der Waals surface area contributed by atoms with Gasteiger partial charge in [-0.1, -0.05) is 6.42 Å². The lowest BCUT2D eigenvalue weighted by atomic mass is 9.97. The van der Waals surface area contributed by atoms with Crippen molar-refractivity contribution in [1.29, 1.82) is 0 Å². The van der Waals surface area contributed by atoms with Gasteiger partial charge in [-0.05, 0) is 45.3 Å². The van der Waals surface area contributed by atoms with Crippen LogP contribution in [-0.4, -0.2) is 47.5 Å². The predicted molar refractivity (Wildman–Crippen MR) is 87.7 cm³/mol. The Morgan fingerprint density at radius 2 is 2.04 bits per heavy atom. The van der Waals surface area contributed by atoms with Gasteiger partial charge in [-0.25, -0.2) is 0 Å². The van der Waals surface area contributed by atoms with E-state index in [0.717, 1.165) is 38.8 Å². The van der Waals surface area contributed by atoms with Gasteiger partial charge < -0.3 is 31.6 Å². The molecule has 2 rings (SSSR count). The van der Waals surface area contributed by atoms with Gasteiger partial charge >= 0.3 is 0 Å². The summed E-state index contributed by atoms with van der Waals surface area (Å²) in [7, 11) is 0. The number of piperidine rings is 1. The van der Waals surface area contributed by atoms with Gasteiger partial charge in [-0.3, -0.25) is 4.79 Å². The molecule has 2 atom stereocenters. The third-order valence-corrected chi connectivity index (χ3v) is 4.25. The van der Waals surface area contributed by atoms with Gasteiger partial charge in [0, 0.05) is 5.92 Å². The predicted octanol–water partition coefficient (Wildman–Crippen LogP) is -0.652. The van der Waals surface area contributed by atoms with E-state index in [-0.39, 0.29) is 30.4 Å². The van der Waals surface area contributed by atoms with Crippen LogP contribution in [-0.2, 0) is 4.79 Å². The number of rotatable bonds is 9. The number of unbranched alkanes of at least 4 members (excludes halogenated alkanes) is 1. The minimum Gasteiger partial charge on any atom is -0.421 e. The summed E-state index contributed by atoms with van der Waals surface area (Å²) in [6.45, 7) is 1.96. The maximum Gasteiger partial charge on any atom is 0.241 e. The minimum absolute atomic E-state index is 0.0544. The zero-order valence-corrected chi connectivity index (χ0v) is 13.9. The molecule has 136 valence electrons. The molecule has 1 fully saturated rings. The number of nitrogens with two attached hydrogens (primary N) is 2. The second kappa shape index (κ2) is 9.67. The fourth-order valence-electron chi connectivity index (χ4n) is 2.73. The molecule has 9 heteroatoms. The van der Waals surface area contributed by atoms with Crippen molar-refractivity contribution in [1.82, 2.24) is 20.8 Å². The highest BCUT2D eigenvalue weighted by Crippen LogP contribution is 2.20. The Bertz CT molecular complexity index is 503. The van der Waals surface area contributed by atoms with Gasteiger partial charge in [0.1, 0.15) is 6.04 Å². The highest BCUT2D eigenvalue weighted by Gasteiger charge is 2.27. The first-order valence-corrected chi connectivity index (χ1v) is 8.56. The number of carbonyl (C=O) groups is 1. The van der Waals surface area contributed by atoms with Crippen molar-refractivity contribution in [3.63, 3.8) is 0 Å². The van der Waals surface area contributed by atoms with E-state index < -0.39 is 6.04 Å². The Morgan fingerprint density at radius 1 is 1.33 bits per heavy atom. The first-order valence-electron chi connectivity index (χ1n) is 8.56. The quantitative estimate of drug-likeness (QED) is 0.372. The fraction of sp³-hybridized carbons (Fsp3) is 0.800. The van der Waals surface area contributed by atoms with Crippen LogP contribution in [0.15, 0.2) is 4.42 Å². The molecular formula is C15H28N6O3. The Kier molecular flexibility index (Phi) is 7.57. The SMILES string of the molecule is NCCCC[C@H](N)c1nnc([C@H](CO)NC(=O)C2CCNCC2)o1. The number of nitrogens with zero attached hydrogens (tertiary/aromatic N) is 2. The summed E-state index contributed by atoms with van der Waals surface area (Å²) >= 11 is 0. The molecule has 1 aliphatic heterocycles. The zero-order chi connectivity index (χ0) is 17.4. The van der Waals surface area contributed by atoms with Crippen molar-refractivity contribution in [3.05, 3.63) is 11.8 Å². The van der Waals surface area contributed by atoms with Gasteiger partial charge in [-0.15, -0.1) is 10.2 Å². The van der Waals surface area contributed by atoms with Gasteiger partial charge in [0.2, 0.25) is 17.7 Å². The lowest BCUT2D eigenvalue weighted by molar-refractivity contribution is -0.127. The first-order chi connectivity index (χ1) is 11.7. The Labute approximate surface area is 141 Å². The molecule has 0 bridgehead atoms. The van der Waals surface area contributed by atoms with E-state index in [1.165, 1.54) is 0 Å². The molecule has 1 amide bonds. The number of carbonyl (C=O) groups excluding carboxylic acids is 1. The van der Waals surface area contributed by atoms with Crippen molar-refractivity contribution in [2.75, 3.05) is 26.2 Å². The van der Waals surface area contributed by atoms with Crippen LogP contribution in [0.5, 0.6) is 0 Å². The Balaban J connectivity index is 1.91. The largest absolute Gasteiger partial charge is 0.421 e. The molecule has 2 heterocycles. The summed E-state index contributed by atoms with van der Waals surface area (Å²) in [6, 6.07) is -1.07. The number of hydrogen-bond acceptors (Lipinski definition) is 8. The topological polar surface area (TPSA) is 152 Å². The molecule has 1 saturated heterocycles. The molecule has 1 aliphatic rings. The van der Waals surface area contributed by atoms with E-state index in [4.69, 9.17) is 15.9 Å².